The molecule has 1 N–H and O–H groups in total. The second kappa shape index (κ2) is 9.63. The number of hydrogen-bond acceptors (Lipinski definition) is 3. The molecule has 5 heteroatoms. The predicted octanol–water partition coefficient (Wildman–Crippen LogP) is 4.65. The van der Waals surface area contributed by atoms with E-state index in [2.05, 4.69) is 11.4 Å². The molecule has 4 nitrogen and oxygen atoms in total. The van der Waals surface area contributed by atoms with Crippen LogP contribution in [-0.4, -0.2) is 17.4 Å². The molecule has 0 heterocycles. The predicted molar refractivity (Wildman–Crippen MR) is 111 cm³/mol. The van der Waals surface area contributed by atoms with Crippen LogP contribution in [0.1, 0.15) is 22.3 Å². The van der Waals surface area contributed by atoms with E-state index in [1.165, 1.54) is 12.1 Å². The number of hydrogen-bond donors (Lipinski definition) is 1. The number of halogens is 1. The van der Waals surface area contributed by atoms with Gasteiger partial charge in [-0.15, -0.1) is 0 Å². The van der Waals surface area contributed by atoms with Crippen LogP contribution in [0.15, 0.2) is 72.8 Å². The molecule has 3 rings (SSSR count). The zero-order valence-electron chi connectivity index (χ0n) is 16.2. The summed E-state index contributed by atoms with van der Waals surface area (Å²) in [6.45, 7) is 3.08. The fourth-order valence-electron chi connectivity index (χ4n) is 3.04. The molecule has 146 valence electrons. The number of nitrogens with zero attached hydrogens (tertiary/aromatic N) is 2. The number of aryl methyl sites for hydroxylation is 1. The maximum Gasteiger partial charge on any atom is 0.238 e. The summed E-state index contributed by atoms with van der Waals surface area (Å²) in [5, 5.41) is 11.9. The lowest BCUT2D eigenvalue weighted by atomic mass is 10.1. The molecule has 0 aliphatic carbocycles. The molecular weight excluding hydrogens is 365 g/mol. The van der Waals surface area contributed by atoms with E-state index < -0.39 is 0 Å². The van der Waals surface area contributed by atoms with Crippen LogP contribution in [0.5, 0.6) is 0 Å². The van der Waals surface area contributed by atoms with Crippen molar-refractivity contribution >= 4 is 11.6 Å². The Labute approximate surface area is 170 Å². The van der Waals surface area contributed by atoms with Gasteiger partial charge in [0, 0.05) is 18.8 Å². The number of rotatable bonds is 7. The maximum absolute atomic E-state index is 13.6. The molecule has 0 fully saturated rings. The third kappa shape index (κ3) is 6.27. The summed E-state index contributed by atoms with van der Waals surface area (Å²) in [5.74, 6) is -0.441. The summed E-state index contributed by atoms with van der Waals surface area (Å²) < 4.78 is 13.6. The third-order valence-electron chi connectivity index (χ3n) is 4.49. The number of carbonyl (C=O) groups excluding carboxylic acids is 1. The van der Waals surface area contributed by atoms with Crippen molar-refractivity contribution in [3.8, 4) is 6.07 Å². The van der Waals surface area contributed by atoms with Crippen LogP contribution in [0.25, 0.3) is 0 Å². The molecule has 3 aromatic carbocycles. The molecular formula is C24H22FN3O. The number of anilines is 1. The largest absolute Gasteiger partial charge is 0.325 e. The topological polar surface area (TPSA) is 56.1 Å². The Bertz CT molecular complexity index is 1010. The van der Waals surface area contributed by atoms with Crippen LogP contribution in [0.4, 0.5) is 10.1 Å². The van der Waals surface area contributed by atoms with E-state index in [1.807, 2.05) is 54.3 Å². The molecule has 0 aromatic heterocycles. The van der Waals surface area contributed by atoms with Crippen LogP contribution in [0.3, 0.4) is 0 Å². The summed E-state index contributed by atoms with van der Waals surface area (Å²) in [5.41, 5.74) is 4.22. The van der Waals surface area contributed by atoms with Gasteiger partial charge in [0.1, 0.15) is 5.82 Å². The smallest absolute Gasteiger partial charge is 0.238 e. The number of carbonyl (C=O) groups is 1. The lowest BCUT2D eigenvalue weighted by Crippen LogP contribution is -2.32. The first-order chi connectivity index (χ1) is 14.0. The molecule has 0 radical (unpaired) electrons. The van der Waals surface area contributed by atoms with Gasteiger partial charge in [-0.25, -0.2) is 4.39 Å². The zero-order valence-corrected chi connectivity index (χ0v) is 16.2. The quantitative estimate of drug-likeness (QED) is 0.642. The first kappa shape index (κ1) is 20.2. The lowest BCUT2D eigenvalue weighted by molar-refractivity contribution is -0.117. The fraction of sp³-hybridized carbons (Fsp3) is 0.167. The highest BCUT2D eigenvalue weighted by molar-refractivity contribution is 5.92. The van der Waals surface area contributed by atoms with Crippen molar-refractivity contribution in [2.45, 2.75) is 20.0 Å². The Balaban J connectivity index is 1.72. The summed E-state index contributed by atoms with van der Waals surface area (Å²) in [6.07, 6.45) is 0. The molecule has 0 spiro atoms. The molecule has 0 bridgehead atoms. The second-order valence-corrected chi connectivity index (χ2v) is 7.00. The van der Waals surface area contributed by atoms with Gasteiger partial charge in [0.05, 0.1) is 18.2 Å². The van der Waals surface area contributed by atoms with Crippen molar-refractivity contribution in [3.05, 3.63) is 101 Å². The summed E-state index contributed by atoms with van der Waals surface area (Å²) in [4.78, 5) is 14.5. The number of amides is 1. The van der Waals surface area contributed by atoms with E-state index in [0.717, 1.165) is 22.4 Å². The van der Waals surface area contributed by atoms with Gasteiger partial charge in [0.2, 0.25) is 5.91 Å². The lowest BCUT2D eigenvalue weighted by Gasteiger charge is -2.22. The Hall–Kier alpha value is -3.49. The molecule has 0 saturated heterocycles. The summed E-state index contributed by atoms with van der Waals surface area (Å²) >= 11 is 0. The van der Waals surface area contributed by atoms with Gasteiger partial charge in [-0.05, 0) is 54.4 Å². The Kier molecular flexibility index (Phi) is 6.72. The van der Waals surface area contributed by atoms with Crippen molar-refractivity contribution in [1.82, 2.24) is 4.90 Å². The minimum atomic E-state index is -0.301. The average Bonchev–Trinajstić information content (AvgIpc) is 2.70. The van der Waals surface area contributed by atoms with Crippen molar-refractivity contribution in [2.24, 2.45) is 0 Å². The van der Waals surface area contributed by atoms with Crippen LogP contribution >= 0.6 is 0 Å². The minimum Gasteiger partial charge on any atom is -0.325 e. The second-order valence-electron chi connectivity index (χ2n) is 7.00. The maximum atomic E-state index is 13.6. The Morgan fingerprint density at radius 2 is 1.69 bits per heavy atom. The van der Waals surface area contributed by atoms with Crippen molar-refractivity contribution in [3.63, 3.8) is 0 Å². The van der Waals surface area contributed by atoms with E-state index in [0.29, 0.717) is 18.7 Å². The highest BCUT2D eigenvalue weighted by atomic mass is 19.1. The molecule has 0 aliphatic rings. The summed E-state index contributed by atoms with van der Waals surface area (Å²) in [6, 6.07) is 23.3. The zero-order chi connectivity index (χ0) is 20.6. The van der Waals surface area contributed by atoms with Gasteiger partial charge in [-0.3, -0.25) is 9.69 Å². The first-order valence-corrected chi connectivity index (χ1v) is 9.34. The van der Waals surface area contributed by atoms with Gasteiger partial charge in [-0.1, -0.05) is 42.0 Å². The number of nitriles is 1. The first-order valence-electron chi connectivity index (χ1n) is 9.34. The summed E-state index contributed by atoms with van der Waals surface area (Å²) in [7, 11) is 0. The van der Waals surface area contributed by atoms with Crippen LogP contribution in [0, 0.1) is 24.1 Å². The Morgan fingerprint density at radius 3 is 2.34 bits per heavy atom. The highest BCUT2D eigenvalue weighted by Crippen LogP contribution is 2.14. The van der Waals surface area contributed by atoms with Crippen LogP contribution < -0.4 is 5.32 Å². The Morgan fingerprint density at radius 1 is 1.00 bits per heavy atom. The van der Waals surface area contributed by atoms with E-state index in [1.54, 1.807) is 18.2 Å². The highest BCUT2D eigenvalue weighted by Gasteiger charge is 2.13. The van der Waals surface area contributed by atoms with Crippen molar-refractivity contribution in [2.75, 3.05) is 11.9 Å². The van der Waals surface area contributed by atoms with Gasteiger partial charge >= 0.3 is 0 Å². The number of benzene rings is 3. The SMILES string of the molecule is Cc1ccc(NC(=O)CN(Cc2ccc(C#N)cc2)Cc2cccc(F)c2)cc1. The van der Waals surface area contributed by atoms with E-state index >= 15 is 0 Å². The molecule has 0 aliphatic heterocycles. The molecule has 0 atom stereocenters. The molecule has 0 saturated carbocycles. The standard InChI is InChI=1S/C24H22FN3O/c1-18-5-11-23(12-6-18)27-24(29)17-28(16-21-3-2-4-22(25)13-21)15-20-9-7-19(14-26)8-10-20/h2-13H,15-17H2,1H3,(H,27,29). The van der Waals surface area contributed by atoms with E-state index in [9.17, 15) is 9.18 Å². The van der Waals surface area contributed by atoms with Crippen molar-refractivity contribution in [1.29, 1.82) is 5.26 Å². The normalized spacial score (nSPS) is 10.6. The monoisotopic (exact) mass is 387 g/mol. The molecule has 0 unspecified atom stereocenters. The van der Waals surface area contributed by atoms with Crippen molar-refractivity contribution < 1.29 is 9.18 Å². The fourth-order valence-corrected chi connectivity index (χ4v) is 3.04. The van der Waals surface area contributed by atoms with Gasteiger partial charge in [0.25, 0.3) is 0 Å². The minimum absolute atomic E-state index is 0.140. The van der Waals surface area contributed by atoms with Gasteiger partial charge in [-0.2, -0.15) is 5.26 Å². The van der Waals surface area contributed by atoms with Crippen LogP contribution in [-0.2, 0) is 17.9 Å². The van der Waals surface area contributed by atoms with Crippen LogP contribution in [0.2, 0.25) is 0 Å². The third-order valence-corrected chi connectivity index (χ3v) is 4.49. The average molecular weight is 387 g/mol. The van der Waals surface area contributed by atoms with Gasteiger partial charge in [0.15, 0.2) is 0 Å². The van der Waals surface area contributed by atoms with E-state index in [-0.39, 0.29) is 18.3 Å². The number of nitrogens with one attached hydrogen (secondary N) is 1. The van der Waals surface area contributed by atoms with Gasteiger partial charge < -0.3 is 5.32 Å². The molecule has 1 amide bonds. The molecule has 3 aromatic rings. The molecule has 29 heavy (non-hydrogen) atoms. The van der Waals surface area contributed by atoms with E-state index in [4.69, 9.17) is 5.26 Å².